The second-order valence-electron chi connectivity index (χ2n) is 7.72. The largest absolute Gasteiger partial charge is 0.481 e. The van der Waals surface area contributed by atoms with E-state index in [0.29, 0.717) is 13.1 Å². The van der Waals surface area contributed by atoms with E-state index in [-0.39, 0.29) is 30.4 Å². The maximum absolute atomic E-state index is 13.0. The normalized spacial score (nSPS) is 24.9. The zero-order valence-electron chi connectivity index (χ0n) is 15.0. The van der Waals surface area contributed by atoms with Crippen molar-refractivity contribution in [3.05, 3.63) is 0 Å². The van der Waals surface area contributed by atoms with Crippen LogP contribution in [0.4, 0.5) is 4.79 Å². The minimum Gasteiger partial charge on any atom is -0.481 e. The zero-order valence-corrected chi connectivity index (χ0v) is 15.0. The van der Waals surface area contributed by atoms with Crippen LogP contribution in [0.25, 0.3) is 0 Å². The van der Waals surface area contributed by atoms with Gasteiger partial charge in [0.2, 0.25) is 5.91 Å². The van der Waals surface area contributed by atoms with E-state index in [0.717, 1.165) is 51.6 Å². The van der Waals surface area contributed by atoms with E-state index in [1.807, 2.05) is 9.80 Å². The average molecular weight is 351 g/mol. The predicted molar refractivity (Wildman–Crippen MR) is 92.0 cm³/mol. The first-order valence-electron chi connectivity index (χ1n) is 9.54. The molecule has 0 radical (unpaired) electrons. The minimum atomic E-state index is -0.868. The molecule has 1 saturated carbocycles. The summed E-state index contributed by atoms with van der Waals surface area (Å²) >= 11 is 0. The van der Waals surface area contributed by atoms with Crippen molar-refractivity contribution in [2.45, 2.75) is 51.5 Å². The van der Waals surface area contributed by atoms with Gasteiger partial charge in [-0.2, -0.15) is 0 Å². The number of amides is 3. The molecule has 0 aromatic rings. The van der Waals surface area contributed by atoms with E-state index in [4.69, 9.17) is 5.11 Å². The van der Waals surface area contributed by atoms with Crippen molar-refractivity contribution < 1.29 is 19.5 Å². The van der Waals surface area contributed by atoms with Crippen molar-refractivity contribution >= 4 is 17.9 Å². The van der Waals surface area contributed by atoms with Gasteiger partial charge >= 0.3 is 12.0 Å². The summed E-state index contributed by atoms with van der Waals surface area (Å²) in [7, 11) is 0. The number of carbonyl (C=O) groups is 3. The van der Waals surface area contributed by atoms with Gasteiger partial charge in [-0.15, -0.1) is 0 Å². The predicted octanol–water partition coefficient (Wildman–Crippen LogP) is 1.63. The molecule has 2 heterocycles. The summed E-state index contributed by atoms with van der Waals surface area (Å²) in [4.78, 5) is 42.3. The molecule has 7 heteroatoms. The molecule has 7 nitrogen and oxygen atoms in total. The molecule has 3 aliphatic rings. The molecular formula is C18H29N3O4. The lowest BCUT2D eigenvalue weighted by Crippen LogP contribution is -2.51. The minimum absolute atomic E-state index is 0.0366. The monoisotopic (exact) mass is 351 g/mol. The van der Waals surface area contributed by atoms with E-state index in [1.165, 1.54) is 0 Å². The molecule has 1 aliphatic carbocycles. The number of aliphatic carboxylic acids is 1. The van der Waals surface area contributed by atoms with Crippen molar-refractivity contribution in [1.29, 1.82) is 0 Å². The highest BCUT2D eigenvalue weighted by Crippen LogP contribution is 2.31. The number of rotatable bonds is 5. The summed E-state index contributed by atoms with van der Waals surface area (Å²) < 4.78 is 0. The van der Waals surface area contributed by atoms with Gasteiger partial charge in [-0.1, -0.05) is 6.92 Å². The number of urea groups is 1. The fourth-order valence-electron chi connectivity index (χ4n) is 3.87. The fraction of sp³-hybridized carbons (Fsp3) is 0.833. The van der Waals surface area contributed by atoms with Gasteiger partial charge in [-0.25, -0.2) is 4.79 Å². The topological polar surface area (TPSA) is 81.2 Å². The highest BCUT2D eigenvalue weighted by atomic mass is 16.4. The first kappa shape index (κ1) is 18.0. The van der Waals surface area contributed by atoms with Crippen molar-refractivity contribution in [3.8, 4) is 0 Å². The van der Waals surface area contributed by atoms with Crippen molar-refractivity contribution in [2.24, 2.45) is 11.8 Å². The van der Waals surface area contributed by atoms with E-state index in [2.05, 4.69) is 0 Å². The first-order valence-corrected chi connectivity index (χ1v) is 9.54. The van der Waals surface area contributed by atoms with Crippen LogP contribution >= 0.6 is 0 Å². The van der Waals surface area contributed by atoms with Crippen molar-refractivity contribution in [1.82, 2.24) is 14.7 Å². The molecule has 140 valence electrons. The summed E-state index contributed by atoms with van der Waals surface area (Å²) in [5.74, 6) is -1.58. The summed E-state index contributed by atoms with van der Waals surface area (Å²) in [6, 6.07) is 0.255. The van der Waals surface area contributed by atoms with E-state index >= 15 is 0 Å². The summed E-state index contributed by atoms with van der Waals surface area (Å²) in [5.41, 5.74) is 0. The molecule has 0 spiro atoms. The molecule has 1 N–H and O–H groups in total. The van der Waals surface area contributed by atoms with Crippen LogP contribution in [0.2, 0.25) is 0 Å². The summed E-state index contributed by atoms with van der Waals surface area (Å²) in [6.45, 7) is 4.74. The zero-order chi connectivity index (χ0) is 18.0. The van der Waals surface area contributed by atoms with Crippen molar-refractivity contribution in [3.63, 3.8) is 0 Å². The summed E-state index contributed by atoms with van der Waals surface area (Å²) in [6.07, 6.45) is 5.66. The van der Waals surface area contributed by atoms with E-state index in [9.17, 15) is 14.4 Å². The Morgan fingerprint density at radius 2 is 1.68 bits per heavy atom. The van der Waals surface area contributed by atoms with E-state index < -0.39 is 11.9 Å². The Morgan fingerprint density at radius 3 is 2.28 bits per heavy atom. The SMILES string of the molecule is CC(CN(C(=O)C1CCCN(C(=O)N2CCCC2)C1)C1CC1)C(=O)O. The highest BCUT2D eigenvalue weighted by molar-refractivity contribution is 5.82. The quantitative estimate of drug-likeness (QED) is 0.816. The third-order valence-electron chi connectivity index (χ3n) is 5.58. The number of hydrogen-bond donors (Lipinski definition) is 1. The standard InChI is InChI=1S/C18H29N3O4/c1-13(17(23)24)11-21(15-6-7-15)16(22)14-5-4-10-20(12-14)18(25)19-8-2-3-9-19/h13-15H,2-12H2,1H3,(H,23,24). The maximum atomic E-state index is 13.0. The molecule has 2 atom stereocenters. The molecule has 25 heavy (non-hydrogen) atoms. The molecular weight excluding hydrogens is 322 g/mol. The Hall–Kier alpha value is -1.79. The molecule has 3 fully saturated rings. The number of hydrogen-bond acceptors (Lipinski definition) is 3. The Kier molecular flexibility index (Phi) is 5.49. The van der Waals surface area contributed by atoms with Gasteiger partial charge in [0, 0.05) is 38.8 Å². The Balaban J connectivity index is 1.61. The van der Waals surface area contributed by atoms with Gasteiger partial charge in [-0.05, 0) is 38.5 Å². The maximum Gasteiger partial charge on any atom is 0.320 e. The van der Waals surface area contributed by atoms with Crippen LogP contribution < -0.4 is 0 Å². The van der Waals surface area contributed by atoms with Gasteiger partial charge in [0.1, 0.15) is 0 Å². The molecule has 0 aromatic carbocycles. The number of carboxylic acids is 1. The molecule has 0 aromatic heterocycles. The molecule has 2 saturated heterocycles. The molecule has 2 aliphatic heterocycles. The number of carboxylic acid groups (broad SMARTS) is 1. The van der Waals surface area contributed by atoms with Gasteiger partial charge in [0.05, 0.1) is 11.8 Å². The second kappa shape index (κ2) is 7.62. The van der Waals surface area contributed by atoms with Crippen LogP contribution in [0.3, 0.4) is 0 Å². The lowest BCUT2D eigenvalue weighted by Gasteiger charge is -2.37. The fourth-order valence-corrected chi connectivity index (χ4v) is 3.87. The van der Waals surface area contributed by atoms with Crippen LogP contribution in [0.5, 0.6) is 0 Å². The number of nitrogens with zero attached hydrogens (tertiary/aromatic N) is 3. The summed E-state index contributed by atoms with van der Waals surface area (Å²) in [5, 5.41) is 9.16. The van der Waals surface area contributed by atoms with Crippen molar-refractivity contribution in [2.75, 3.05) is 32.7 Å². The first-order chi connectivity index (χ1) is 12.0. The lowest BCUT2D eigenvalue weighted by atomic mass is 9.96. The van der Waals surface area contributed by atoms with Crippen LogP contribution in [0, 0.1) is 11.8 Å². The Morgan fingerprint density at radius 1 is 1.04 bits per heavy atom. The Labute approximate surface area is 148 Å². The number of carbonyl (C=O) groups excluding carboxylic acids is 2. The van der Waals surface area contributed by atoms with Crippen LogP contribution in [0.15, 0.2) is 0 Å². The lowest BCUT2D eigenvalue weighted by molar-refractivity contribution is -0.144. The molecule has 0 bridgehead atoms. The van der Waals surface area contributed by atoms with Gasteiger partial charge in [0.15, 0.2) is 0 Å². The number of likely N-dealkylation sites (tertiary alicyclic amines) is 2. The average Bonchev–Trinajstić information content (AvgIpc) is 3.31. The van der Waals surface area contributed by atoms with E-state index in [1.54, 1.807) is 11.8 Å². The third-order valence-corrected chi connectivity index (χ3v) is 5.58. The van der Waals surface area contributed by atoms with Gasteiger partial charge in [0.25, 0.3) is 0 Å². The highest BCUT2D eigenvalue weighted by Gasteiger charge is 2.39. The third kappa shape index (κ3) is 4.25. The Bertz CT molecular complexity index is 528. The van der Waals surface area contributed by atoms with Gasteiger partial charge < -0.3 is 19.8 Å². The van der Waals surface area contributed by atoms with Crippen LogP contribution in [0.1, 0.15) is 45.4 Å². The smallest absolute Gasteiger partial charge is 0.320 e. The molecule has 3 amide bonds. The van der Waals surface area contributed by atoms with Crippen LogP contribution in [-0.4, -0.2) is 76.5 Å². The second-order valence-corrected chi connectivity index (χ2v) is 7.72. The molecule has 3 rings (SSSR count). The van der Waals surface area contributed by atoms with Crippen LogP contribution in [-0.2, 0) is 9.59 Å². The molecule has 2 unspecified atom stereocenters. The number of piperidine rings is 1. The van der Waals surface area contributed by atoms with Gasteiger partial charge in [-0.3, -0.25) is 9.59 Å².